The zero-order valence-electron chi connectivity index (χ0n) is 20.8. The number of halogens is 1. The van der Waals surface area contributed by atoms with Crippen molar-refractivity contribution in [1.82, 2.24) is 20.1 Å². The van der Waals surface area contributed by atoms with Crippen molar-refractivity contribution in [2.45, 2.75) is 31.7 Å². The summed E-state index contributed by atoms with van der Waals surface area (Å²) >= 11 is 5.85. The lowest BCUT2D eigenvalue weighted by molar-refractivity contribution is -0.136. The molecule has 2 fully saturated rings. The second-order valence-electron chi connectivity index (χ2n) is 9.32. The summed E-state index contributed by atoms with van der Waals surface area (Å²) in [4.78, 5) is 61.0. The highest BCUT2D eigenvalue weighted by atomic mass is 35.5. The molecule has 2 aromatic rings. The Morgan fingerprint density at radius 3 is 2.38 bits per heavy atom. The van der Waals surface area contributed by atoms with Crippen LogP contribution in [0.1, 0.15) is 36.0 Å². The molecule has 4 rings (SSSR count). The van der Waals surface area contributed by atoms with E-state index in [1.54, 1.807) is 46.2 Å². The van der Waals surface area contributed by atoms with Gasteiger partial charge >= 0.3 is 0 Å². The number of carbonyl (C=O) groups excluding carboxylic acids is 4. The minimum absolute atomic E-state index is 0.0717. The number of nitrogens with one attached hydrogen (secondary N) is 2. The molecule has 1 unspecified atom stereocenters. The molecule has 0 radical (unpaired) electrons. The van der Waals surface area contributed by atoms with Crippen LogP contribution in [0, 0.1) is 0 Å². The average molecular weight is 527 g/mol. The van der Waals surface area contributed by atoms with Crippen molar-refractivity contribution in [3.05, 3.63) is 53.2 Å². The molecule has 0 bridgehead atoms. The third kappa shape index (κ3) is 7.05. The van der Waals surface area contributed by atoms with Crippen LogP contribution in [-0.4, -0.2) is 84.2 Å². The molecule has 37 heavy (non-hydrogen) atoms. The fraction of sp³-hybridized carbons (Fsp3) is 0.423. The lowest BCUT2D eigenvalue weighted by atomic mass is 10.1. The van der Waals surface area contributed by atoms with E-state index in [-0.39, 0.29) is 18.2 Å². The maximum absolute atomic E-state index is 13.3. The molecule has 1 atom stereocenters. The van der Waals surface area contributed by atoms with E-state index < -0.39 is 17.9 Å². The Kier molecular flexibility index (Phi) is 8.73. The number of likely N-dealkylation sites (N-methyl/N-ethyl adjacent to an activating group) is 1. The summed E-state index contributed by atoms with van der Waals surface area (Å²) in [6.45, 7) is 3.11. The Morgan fingerprint density at radius 2 is 1.73 bits per heavy atom. The maximum Gasteiger partial charge on any atom is 0.251 e. The van der Waals surface area contributed by atoms with Gasteiger partial charge in [-0.15, -0.1) is 0 Å². The van der Waals surface area contributed by atoms with Gasteiger partial charge in [0.25, 0.3) is 5.91 Å². The number of rotatable bonds is 7. The summed E-state index contributed by atoms with van der Waals surface area (Å²) in [6, 6.07) is 8.82. The monoisotopic (exact) mass is 526 g/mol. The van der Waals surface area contributed by atoms with E-state index in [9.17, 15) is 19.2 Å². The molecule has 1 aromatic carbocycles. The van der Waals surface area contributed by atoms with Crippen LogP contribution in [0.4, 0.5) is 11.5 Å². The average Bonchev–Trinajstić information content (AvgIpc) is 2.90. The molecular weight excluding hydrogens is 496 g/mol. The van der Waals surface area contributed by atoms with Crippen molar-refractivity contribution in [1.29, 1.82) is 0 Å². The van der Waals surface area contributed by atoms with Crippen molar-refractivity contribution >= 4 is 46.7 Å². The number of hydrogen-bond donors (Lipinski definition) is 2. The van der Waals surface area contributed by atoms with Gasteiger partial charge in [0.2, 0.25) is 17.7 Å². The van der Waals surface area contributed by atoms with Crippen LogP contribution in [0.25, 0.3) is 0 Å². The van der Waals surface area contributed by atoms with Crippen molar-refractivity contribution in [2.75, 3.05) is 50.0 Å². The lowest BCUT2D eigenvalue weighted by Gasteiger charge is -2.34. The van der Waals surface area contributed by atoms with E-state index in [1.165, 1.54) is 6.20 Å². The fourth-order valence-electron chi connectivity index (χ4n) is 4.39. The van der Waals surface area contributed by atoms with Gasteiger partial charge in [-0.25, -0.2) is 4.98 Å². The number of hydrogen-bond acceptors (Lipinski definition) is 6. The first-order valence-electron chi connectivity index (χ1n) is 12.4. The predicted molar refractivity (Wildman–Crippen MR) is 140 cm³/mol. The molecule has 2 N–H and O–H groups in total. The van der Waals surface area contributed by atoms with E-state index in [4.69, 9.17) is 11.6 Å². The van der Waals surface area contributed by atoms with Crippen LogP contribution in [0.5, 0.6) is 0 Å². The quantitative estimate of drug-likeness (QED) is 0.571. The molecule has 2 aliphatic heterocycles. The molecule has 196 valence electrons. The molecule has 2 saturated heterocycles. The first-order valence-corrected chi connectivity index (χ1v) is 12.8. The minimum atomic E-state index is -1.05. The smallest absolute Gasteiger partial charge is 0.251 e. The van der Waals surface area contributed by atoms with Gasteiger partial charge in [-0.05, 0) is 56.3 Å². The van der Waals surface area contributed by atoms with E-state index >= 15 is 0 Å². The SMILES string of the molecule is CN1CCN(C(=O)C(CC(=O)Nc2ccc(Cl)cn2)NC(=O)c2ccc(N3CCCCC3=O)cc2)CC1. The molecule has 1 aromatic heterocycles. The number of amides is 4. The predicted octanol–water partition coefficient (Wildman–Crippen LogP) is 2.15. The first-order chi connectivity index (χ1) is 17.8. The van der Waals surface area contributed by atoms with Crippen LogP contribution < -0.4 is 15.5 Å². The summed E-state index contributed by atoms with van der Waals surface area (Å²) in [5.74, 6) is -0.865. The highest BCUT2D eigenvalue weighted by molar-refractivity contribution is 6.30. The molecule has 0 saturated carbocycles. The molecule has 4 amide bonds. The number of benzene rings is 1. The number of pyridine rings is 1. The van der Waals surface area contributed by atoms with E-state index in [1.807, 2.05) is 7.05 Å². The summed E-state index contributed by atoms with van der Waals surface area (Å²) in [7, 11) is 1.98. The number of piperazine rings is 1. The van der Waals surface area contributed by atoms with Crippen LogP contribution >= 0.6 is 11.6 Å². The van der Waals surface area contributed by atoms with Gasteiger partial charge in [-0.1, -0.05) is 11.6 Å². The molecule has 2 aliphatic rings. The van der Waals surface area contributed by atoms with Crippen molar-refractivity contribution in [3.63, 3.8) is 0 Å². The molecule has 0 aliphatic carbocycles. The standard InChI is InChI=1S/C26H31ClN6O4/c1-31-12-14-32(15-13-31)26(37)21(16-23(34)30-22-10-7-19(27)17-28-22)29-25(36)18-5-8-20(9-6-18)33-11-3-2-4-24(33)35/h5-10,17,21H,2-4,11-16H2,1H3,(H,29,36)(H,28,30,34). The second-order valence-corrected chi connectivity index (χ2v) is 9.75. The number of anilines is 2. The van der Waals surface area contributed by atoms with E-state index in [2.05, 4.69) is 20.5 Å². The molecule has 11 heteroatoms. The molecule has 10 nitrogen and oxygen atoms in total. The Bertz CT molecular complexity index is 1130. The third-order valence-corrected chi connectivity index (χ3v) is 6.79. The van der Waals surface area contributed by atoms with Gasteiger partial charge in [-0.2, -0.15) is 0 Å². The largest absolute Gasteiger partial charge is 0.340 e. The number of aromatic nitrogens is 1. The van der Waals surface area contributed by atoms with Gasteiger partial charge in [0.15, 0.2) is 0 Å². The van der Waals surface area contributed by atoms with Crippen molar-refractivity contribution in [3.8, 4) is 0 Å². The third-order valence-electron chi connectivity index (χ3n) is 6.57. The maximum atomic E-state index is 13.3. The van der Waals surface area contributed by atoms with Crippen LogP contribution in [-0.2, 0) is 14.4 Å². The summed E-state index contributed by atoms with van der Waals surface area (Å²) in [6.07, 6.45) is 3.51. The molecule has 0 spiro atoms. The number of nitrogens with zero attached hydrogens (tertiary/aromatic N) is 4. The normalized spacial score (nSPS) is 17.3. The Labute approximate surface area is 220 Å². The summed E-state index contributed by atoms with van der Waals surface area (Å²) in [5.41, 5.74) is 1.07. The minimum Gasteiger partial charge on any atom is -0.340 e. The lowest BCUT2D eigenvalue weighted by Crippen LogP contribution is -2.55. The van der Waals surface area contributed by atoms with Crippen LogP contribution in [0.3, 0.4) is 0 Å². The van der Waals surface area contributed by atoms with Gasteiger partial charge < -0.3 is 25.3 Å². The fourth-order valence-corrected chi connectivity index (χ4v) is 4.50. The molecular formula is C26H31ClN6O4. The van der Waals surface area contributed by atoms with Gasteiger partial charge in [0.05, 0.1) is 11.4 Å². The van der Waals surface area contributed by atoms with Gasteiger partial charge in [-0.3, -0.25) is 19.2 Å². The van der Waals surface area contributed by atoms with Crippen molar-refractivity contribution in [2.24, 2.45) is 0 Å². The Hall–Kier alpha value is -3.50. The second kappa shape index (κ2) is 12.2. The number of carbonyl (C=O) groups is 4. The topological polar surface area (TPSA) is 115 Å². The zero-order valence-corrected chi connectivity index (χ0v) is 21.5. The summed E-state index contributed by atoms with van der Waals surface area (Å²) in [5, 5.41) is 5.83. The number of piperidine rings is 1. The first kappa shape index (κ1) is 26.6. The zero-order chi connectivity index (χ0) is 26.4. The van der Waals surface area contributed by atoms with Crippen molar-refractivity contribution < 1.29 is 19.2 Å². The highest BCUT2D eigenvalue weighted by Gasteiger charge is 2.30. The van der Waals surface area contributed by atoms with Gasteiger partial charge in [0.1, 0.15) is 11.9 Å². The van der Waals surface area contributed by atoms with E-state index in [0.717, 1.165) is 18.5 Å². The Morgan fingerprint density at radius 1 is 1.00 bits per heavy atom. The summed E-state index contributed by atoms with van der Waals surface area (Å²) < 4.78 is 0. The van der Waals surface area contributed by atoms with E-state index in [0.29, 0.717) is 55.5 Å². The van der Waals surface area contributed by atoms with Crippen LogP contribution in [0.15, 0.2) is 42.6 Å². The molecule has 3 heterocycles. The highest BCUT2D eigenvalue weighted by Crippen LogP contribution is 2.21. The van der Waals surface area contributed by atoms with Crippen LogP contribution in [0.2, 0.25) is 5.02 Å². The Balaban J connectivity index is 1.45. The van der Waals surface area contributed by atoms with Gasteiger partial charge in [0, 0.05) is 56.6 Å².